The first kappa shape index (κ1) is 10.9. The summed E-state index contributed by atoms with van der Waals surface area (Å²) in [5.41, 5.74) is 0.580. The zero-order valence-corrected chi connectivity index (χ0v) is 8.71. The Kier molecular flexibility index (Phi) is 3.08. The molecule has 0 spiro atoms. The number of hydrogen-bond donors (Lipinski definition) is 2. The SMILES string of the molecule is O=C(c1ccccc1B(O)O)N1C=CCC1. The van der Waals surface area contributed by atoms with Crippen molar-refractivity contribution in [3.63, 3.8) is 0 Å². The highest BCUT2D eigenvalue weighted by Crippen LogP contribution is 2.09. The van der Waals surface area contributed by atoms with Gasteiger partial charge in [0.05, 0.1) is 0 Å². The summed E-state index contributed by atoms with van der Waals surface area (Å²) in [6.07, 6.45) is 4.48. The fourth-order valence-electron chi connectivity index (χ4n) is 1.73. The van der Waals surface area contributed by atoms with Gasteiger partial charge >= 0.3 is 7.12 Å². The highest BCUT2D eigenvalue weighted by atomic mass is 16.4. The second kappa shape index (κ2) is 4.51. The molecule has 2 rings (SSSR count). The van der Waals surface area contributed by atoms with Crippen molar-refractivity contribution >= 4 is 18.5 Å². The van der Waals surface area contributed by atoms with Gasteiger partial charge in [0.25, 0.3) is 5.91 Å². The summed E-state index contributed by atoms with van der Waals surface area (Å²) in [5.74, 6) is -0.197. The molecule has 0 fully saturated rings. The first-order valence-electron chi connectivity index (χ1n) is 5.13. The summed E-state index contributed by atoms with van der Waals surface area (Å²) in [6, 6.07) is 6.52. The van der Waals surface area contributed by atoms with Crippen LogP contribution >= 0.6 is 0 Å². The van der Waals surface area contributed by atoms with Gasteiger partial charge < -0.3 is 14.9 Å². The lowest BCUT2D eigenvalue weighted by Gasteiger charge is -2.15. The van der Waals surface area contributed by atoms with Crippen molar-refractivity contribution < 1.29 is 14.8 Å². The van der Waals surface area contributed by atoms with Crippen LogP contribution in [0.3, 0.4) is 0 Å². The lowest BCUT2D eigenvalue weighted by molar-refractivity contribution is 0.0834. The summed E-state index contributed by atoms with van der Waals surface area (Å²) in [5, 5.41) is 18.3. The lowest BCUT2D eigenvalue weighted by Crippen LogP contribution is -2.38. The predicted octanol–water partition coefficient (Wildman–Crippen LogP) is -0.274. The van der Waals surface area contributed by atoms with Crippen molar-refractivity contribution in [2.24, 2.45) is 0 Å². The van der Waals surface area contributed by atoms with Crippen LogP contribution < -0.4 is 5.46 Å². The summed E-state index contributed by atoms with van der Waals surface area (Å²) < 4.78 is 0. The topological polar surface area (TPSA) is 60.8 Å². The van der Waals surface area contributed by atoms with E-state index in [0.29, 0.717) is 12.1 Å². The molecule has 1 aromatic carbocycles. The average Bonchev–Trinajstić information content (AvgIpc) is 2.81. The Labute approximate surface area is 94.0 Å². The summed E-state index contributed by atoms with van der Waals surface area (Å²) in [4.78, 5) is 13.6. The molecule has 1 aliphatic heterocycles. The third-order valence-corrected chi connectivity index (χ3v) is 2.55. The molecular formula is C11H12BNO3. The Balaban J connectivity index is 2.32. The van der Waals surface area contributed by atoms with Crippen LogP contribution in [-0.2, 0) is 0 Å². The van der Waals surface area contributed by atoms with E-state index in [1.807, 2.05) is 6.08 Å². The van der Waals surface area contributed by atoms with E-state index in [0.717, 1.165) is 6.42 Å². The standard InChI is InChI=1S/C11H12BNO3/c14-11(13-7-3-4-8-13)9-5-1-2-6-10(9)12(15)16/h1-3,5-7,15-16H,4,8H2. The van der Waals surface area contributed by atoms with Crippen LogP contribution in [0.5, 0.6) is 0 Å². The van der Waals surface area contributed by atoms with E-state index >= 15 is 0 Å². The molecule has 82 valence electrons. The minimum Gasteiger partial charge on any atom is -0.423 e. The highest BCUT2D eigenvalue weighted by molar-refractivity contribution is 6.60. The quantitative estimate of drug-likeness (QED) is 0.670. The summed E-state index contributed by atoms with van der Waals surface area (Å²) in [7, 11) is -1.62. The maximum atomic E-state index is 12.0. The Hall–Kier alpha value is -1.59. The molecule has 0 bridgehead atoms. The fourth-order valence-corrected chi connectivity index (χ4v) is 1.73. The molecule has 1 amide bonds. The fraction of sp³-hybridized carbons (Fsp3) is 0.182. The Morgan fingerprint density at radius 2 is 2.06 bits per heavy atom. The number of carbonyl (C=O) groups excluding carboxylic acids is 1. The molecule has 0 saturated heterocycles. The zero-order chi connectivity index (χ0) is 11.5. The van der Waals surface area contributed by atoms with E-state index in [1.165, 1.54) is 6.07 Å². The molecule has 5 heteroatoms. The molecule has 0 saturated carbocycles. The number of hydrogen-bond acceptors (Lipinski definition) is 3. The molecule has 0 atom stereocenters. The van der Waals surface area contributed by atoms with Gasteiger partial charge in [-0.1, -0.05) is 24.3 Å². The second-order valence-electron chi connectivity index (χ2n) is 3.63. The normalized spacial score (nSPS) is 14.2. The molecule has 4 nitrogen and oxygen atoms in total. The van der Waals surface area contributed by atoms with Gasteiger partial charge in [-0.15, -0.1) is 0 Å². The van der Waals surface area contributed by atoms with Gasteiger partial charge in [0.2, 0.25) is 0 Å². The maximum absolute atomic E-state index is 12.0. The second-order valence-corrected chi connectivity index (χ2v) is 3.63. The summed E-state index contributed by atoms with van der Waals surface area (Å²) in [6.45, 7) is 0.648. The monoisotopic (exact) mass is 217 g/mol. The number of nitrogens with zero attached hydrogens (tertiary/aromatic N) is 1. The van der Waals surface area contributed by atoms with Crippen molar-refractivity contribution in [2.45, 2.75) is 6.42 Å². The molecule has 1 aliphatic rings. The van der Waals surface area contributed by atoms with Crippen LogP contribution in [0.2, 0.25) is 0 Å². The van der Waals surface area contributed by atoms with Gasteiger partial charge in [-0.2, -0.15) is 0 Å². The predicted molar refractivity (Wildman–Crippen MR) is 61.1 cm³/mol. The van der Waals surface area contributed by atoms with Crippen molar-refractivity contribution in [1.29, 1.82) is 0 Å². The molecule has 1 heterocycles. The third-order valence-electron chi connectivity index (χ3n) is 2.55. The van der Waals surface area contributed by atoms with E-state index in [4.69, 9.17) is 10.0 Å². The first-order valence-corrected chi connectivity index (χ1v) is 5.13. The van der Waals surface area contributed by atoms with E-state index in [-0.39, 0.29) is 11.4 Å². The largest absolute Gasteiger partial charge is 0.489 e. The van der Waals surface area contributed by atoms with Gasteiger partial charge in [0.15, 0.2) is 0 Å². The van der Waals surface area contributed by atoms with Gasteiger partial charge in [-0.3, -0.25) is 4.79 Å². The van der Waals surface area contributed by atoms with Crippen molar-refractivity contribution in [1.82, 2.24) is 4.90 Å². The average molecular weight is 217 g/mol. The van der Waals surface area contributed by atoms with Crippen molar-refractivity contribution in [3.8, 4) is 0 Å². The molecule has 0 radical (unpaired) electrons. The molecule has 16 heavy (non-hydrogen) atoms. The van der Waals surface area contributed by atoms with Gasteiger partial charge in [-0.25, -0.2) is 0 Å². The van der Waals surface area contributed by atoms with Crippen LogP contribution in [0.4, 0.5) is 0 Å². The van der Waals surface area contributed by atoms with Crippen LogP contribution in [0.15, 0.2) is 36.5 Å². The third kappa shape index (κ3) is 2.00. The highest BCUT2D eigenvalue weighted by Gasteiger charge is 2.23. The van der Waals surface area contributed by atoms with E-state index in [2.05, 4.69) is 0 Å². The molecule has 0 unspecified atom stereocenters. The van der Waals surface area contributed by atoms with Crippen molar-refractivity contribution in [2.75, 3.05) is 6.54 Å². The van der Waals surface area contributed by atoms with Crippen LogP contribution in [-0.4, -0.2) is 34.5 Å². The Morgan fingerprint density at radius 1 is 1.31 bits per heavy atom. The van der Waals surface area contributed by atoms with Gasteiger partial charge in [-0.05, 0) is 17.9 Å². The number of amides is 1. The van der Waals surface area contributed by atoms with Crippen LogP contribution in [0, 0.1) is 0 Å². The molecular weight excluding hydrogens is 205 g/mol. The minimum atomic E-state index is -1.62. The first-order chi connectivity index (χ1) is 7.70. The minimum absolute atomic E-state index is 0.197. The van der Waals surface area contributed by atoms with E-state index < -0.39 is 7.12 Å². The van der Waals surface area contributed by atoms with Gasteiger partial charge in [0.1, 0.15) is 0 Å². The molecule has 0 aromatic heterocycles. The zero-order valence-electron chi connectivity index (χ0n) is 8.71. The van der Waals surface area contributed by atoms with E-state index in [1.54, 1.807) is 29.3 Å². The van der Waals surface area contributed by atoms with E-state index in [9.17, 15) is 4.79 Å². The van der Waals surface area contributed by atoms with Crippen LogP contribution in [0.1, 0.15) is 16.8 Å². The Morgan fingerprint density at radius 3 is 2.69 bits per heavy atom. The number of rotatable bonds is 2. The number of benzene rings is 1. The van der Waals surface area contributed by atoms with Gasteiger partial charge in [0, 0.05) is 18.3 Å². The summed E-state index contributed by atoms with van der Waals surface area (Å²) >= 11 is 0. The Bertz CT molecular complexity index is 431. The molecule has 0 aliphatic carbocycles. The van der Waals surface area contributed by atoms with Crippen LogP contribution in [0.25, 0.3) is 0 Å². The lowest BCUT2D eigenvalue weighted by atomic mass is 9.77. The number of carbonyl (C=O) groups is 1. The van der Waals surface area contributed by atoms with Crippen molar-refractivity contribution in [3.05, 3.63) is 42.1 Å². The maximum Gasteiger partial charge on any atom is 0.489 e. The molecule has 1 aromatic rings. The molecule has 2 N–H and O–H groups in total. The smallest absolute Gasteiger partial charge is 0.423 e.